The van der Waals surface area contributed by atoms with E-state index in [9.17, 15) is 14.7 Å². The number of rotatable bonds is 7. The summed E-state index contributed by atoms with van der Waals surface area (Å²) in [6.07, 6.45) is 9.46. The number of carboxylic acids is 1. The highest BCUT2D eigenvalue weighted by Gasteiger charge is 2.26. The molecule has 3 aromatic rings. The molecule has 7 nitrogen and oxygen atoms in total. The lowest BCUT2D eigenvalue weighted by atomic mass is 9.91. The lowest BCUT2D eigenvalue weighted by Crippen LogP contribution is -2.42. The molecule has 2 heterocycles. The number of carbonyl (C=O) groups excluding carboxylic acids is 1. The van der Waals surface area contributed by atoms with Gasteiger partial charge in [-0.25, -0.2) is 9.78 Å². The zero-order valence-corrected chi connectivity index (χ0v) is 19.9. The lowest BCUT2D eigenvalue weighted by molar-refractivity contribution is -0.139. The number of nitrogens with zero attached hydrogens (tertiary/aromatic N) is 2. The number of amides is 1. The number of fused-ring (bicyclic) bond motifs is 1. The molecule has 0 bridgehead atoms. The van der Waals surface area contributed by atoms with Crippen LogP contribution in [0.2, 0.25) is 0 Å². The fourth-order valence-electron chi connectivity index (χ4n) is 4.30. The van der Waals surface area contributed by atoms with E-state index in [4.69, 9.17) is 4.98 Å². The minimum atomic E-state index is -1.07. The van der Waals surface area contributed by atoms with E-state index in [0.29, 0.717) is 17.1 Å². The summed E-state index contributed by atoms with van der Waals surface area (Å²) in [4.78, 5) is 29.7. The van der Waals surface area contributed by atoms with Gasteiger partial charge >= 0.3 is 5.97 Å². The molecule has 1 aromatic carbocycles. The first-order valence-electron chi connectivity index (χ1n) is 11.7. The Morgan fingerprint density at radius 1 is 1.18 bits per heavy atom. The number of anilines is 1. The number of carboxylic acid groups (broad SMARTS) is 1. The van der Waals surface area contributed by atoms with Crippen LogP contribution in [0.25, 0.3) is 5.65 Å². The number of pyridine rings is 1. The Balaban J connectivity index is 1.62. The molecule has 1 aliphatic carbocycles. The highest BCUT2D eigenvalue weighted by Crippen LogP contribution is 2.35. The molecule has 0 aliphatic heterocycles. The van der Waals surface area contributed by atoms with Gasteiger partial charge in [0.05, 0.1) is 5.69 Å². The molecule has 2 atom stereocenters. The Kier molecular flexibility index (Phi) is 6.72. The topological polar surface area (TPSA) is 95.7 Å². The molecular weight excluding hydrogens is 428 g/mol. The van der Waals surface area contributed by atoms with Gasteiger partial charge in [-0.2, -0.15) is 0 Å². The molecule has 1 amide bonds. The second-order valence-electron chi connectivity index (χ2n) is 9.90. The third-order valence-corrected chi connectivity index (χ3v) is 5.95. The maximum Gasteiger partial charge on any atom is 0.326 e. The number of allylic oxidation sites excluding steroid dienone is 2. The van der Waals surface area contributed by atoms with E-state index < -0.39 is 17.9 Å². The summed E-state index contributed by atoms with van der Waals surface area (Å²) in [6.45, 7) is 6.33. The fraction of sp³-hybridized carbons (Fsp3) is 0.370. The standard InChI is InChI=1S/C27H32N4O3/c1-27(2,3)30-24-23(19-12-8-5-9-13-19)29-22-17-20(14-15-31(22)24)25(32)28-21(26(33)34)16-18-10-6-4-7-11-18/h4-8,10-11,14-15,17,19,21,30H,9,12-13,16H2,1-3H3,(H,28,32)(H,33,34). The summed E-state index contributed by atoms with van der Waals surface area (Å²) in [5.41, 5.74) is 2.75. The van der Waals surface area contributed by atoms with Gasteiger partial charge < -0.3 is 15.7 Å². The van der Waals surface area contributed by atoms with Crippen LogP contribution in [0.3, 0.4) is 0 Å². The monoisotopic (exact) mass is 460 g/mol. The Bertz CT molecular complexity index is 1210. The fourth-order valence-corrected chi connectivity index (χ4v) is 4.30. The van der Waals surface area contributed by atoms with E-state index in [-0.39, 0.29) is 12.0 Å². The smallest absolute Gasteiger partial charge is 0.326 e. The second-order valence-corrected chi connectivity index (χ2v) is 9.90. The molecule has 2 aromatic heterocycles. The minimum absolute atomic E-state index is 0.155. The largest absolute Gasteiger partial charge is 0.480 e. The highest BCUT2D eigenvalue weighted by molar-refractivity contribution is 5.97. The van der Waals surface area contributed by atoms with E-state index in [2.05, 4.69) is 43.6 Å². The second kappa shape index (κ2) is 9.71. The predicted molar refractivity (Wildman–Crippen MR) is 133 cm³/mol. The van der Waals surface area contributed by atoms with Gasteiger partial charge in [0.1, 0.15) is 17.5 Å². The van der Waals surface area contributed by atoms with Gasteiger partial charge in [-0.1, -0.05) is 42.5 Å². The van der Waals surface area contributed by atoms with Gasteiger partial charge in [0, 0.05) is 29.6 Å². The average molecular weight is 461 g/mol. The van der Waals surface area contributed by atoms with Gasteiger partial charge in [-0.3, -0.25) is 9.20 Å². The first-order chi connectivity index (χ1) is 16.2. The van der Waals surface area contributed by atoms with Crippen LogP contribution in [0.4, 0.5) is 5.82 Å². The number of carbonyl (C=O) groups is 2. The van der Waals surface area contributed by atoms with Crippen molar-refractivity contribution in [1.82, 2.24) is 14.7 Å². The van der Waals surface area contributed by atoms with Crippen LogP contribution in [-0.2, 0) is 11.2 Å². The van der Waals surface area contributed by atoms with E-state index in [1.165, 1.54) is 0 Å². The number of benzene rings is 1. The summed E-state index contributed by atoms with van der Waals surface area (Å²) in [6, 6.07) is 11.7. The predicted octanol–water partition coefficient (Wildman–Crippen LogP) is 4.79. The van der Waals surface area contributed by atoms with E-state index in [1.54, 1.807) is 12.1 Å². The van der Waals surface area contributed by atoms with Crippen molar-refractivity contribution in [2.45, 2.75) is 64.0 Å². The van der Waals surface area contributed by atoms with Crippen molar-refractivity contribution in [1.29, 1.82) is 0 Å². The van der Waals surface area contributed by atoms with Crippen LogP contribution >= 0.6 is 0 Å². The zero-order valence-electron chi connectivity index (χ0n) is 19.9. The summed E-state index contributed by atoms with van der Waals surface area (Å²) >= 11 is 0. The maximum atomic E-state index is 13.0. The molecule has 0 fully saturated rings. The molecule has 0 saturated carbocycles. The number of aliphatic carboxylic acids is 1. The van der Waals surface area contributed by atoms with E-state index in [1.807, 2.05) is 40.9 Å². The summed E-state index contributed by atoms with van der Waals surface area (Å²) < 4.78 is 1.98. The molecule has 7 heteroatoms. The molecule has 4 rings (SSSR count). The van der Waals surface area contributed by atoms with Gasteiger partial charge in [0.15, 0.2) is 0 Å². The lowest BCUT2D eigenvalue weighted by Gasteiger charge is -2.25. The van der Waals surface area contributed by atoms with Crippen molar-refractivity contribution in [3.05, 3.63) is 77.6 Å². The van der Waals surface area contributed by atoms with Crippen LogP contribution < -0.4 is 10.6 Å². The van der Waals surface area contributed by atoms with E-state index >= 15 is 0 Å². The third kappa shape index (κ3) is 5.47. The van der Waals surface area contributed by atoms with Crippen molar-refractivity contribution < 1.29 is 14.7 Å². The highest BCUT2D eigenvalue weighted by atomic mass is 16.4. The van der Waals surface area contributed by atoms with Crippen LogP contribution in [-0.4, -0.2) is 37.9 Å². The first-order valence-corrected chi connectivity index (χ1v) is 11.7. The van der Waals surface area contributed by atoms with Gasteiger partial charge in [0.2, 0.25) is 0 Å². The maximum absolute atomic E-state index is 13.0. The Labute approximate surface area is 199 Å². The molecule has 2 unspecified atom stereocenters. The van der Waals surface area contributed by atoms with Crippen molar-refractivity contribution in [3.8, 4) is 0 Å². The first kappa shape index (κ1) is 23.5. The van der Waals surface area contributed by atoms with Crippen LogP contribution in [0.15, 0.2) is 60.8 Å². The number of hydrogen-bond donors (Lipinski definition) is 3. The normalized spacial score (nSPS) is 16.9. The zero-order chi connectivity index (χ0) is 24.3. The minimum Gasteiger partial charge on any atom is -0.480 e. The van der Waals surface area contributed by atoms with E-state index in [0.717, 1.165) is 36.3 Å². The molecule has 1 aliphatic rings. The van der Waals surface area contributed by atoms with Gasteiger partial charge in [-0.05, 0) is 57.7 Å². The molecule has 3 N–H and O–H groups in total. The number of aromatic nitrogens is 2. The summed E-state index contributed by atoms with van der Waals surface area (Å²) in [5, 5.41) is 15.9. The van der Waals surface area contributed by atoms with Crippen LogP contribution in [0.1, 0.15) is 67.6 Å². The van der Waals surface area contributed by atoms with Crippen molar-refractivity contribution >= 4 is 23.3 Å². The third-order valence-electron chi connectivity index (χ3n) is 5.95. The Morgan fingerprint density at radius 3 is 2.59 bits per heavy atom. The molecule has 34 heavy (non-hydrogen) atoms. The van der Waals surface area contributed by atoms with Crippen molar-refractivity contribution in [2.75, 3.05) is 5.32 Å². The molecule has 178 valence electrons. The Hall–Kier alpha value is -3.61. The summed E-state index contributed by atoms with van der Waals surface area (Å²) in [7, 11) is 0. The van der Waals surface area contributed by atoms with Crippen molar-refractivity contribution in [3.63, 3.8) is 0 Å². The van der Waals surface area contributed by atoms with Gasteiger partial charge in [0.25, 0.3) is 5.91 Å². The molecule has 0 radical (unpaired) electrons. The van der Waals surface area contributed by atoms with Gasteiger partial charge in [-0.15, -0.1) is 0 Å². The summed E-state index contributed by atoms with van der Waals surface area (Å²) in [5.74, 6) is -0.235. The molecule has 0 saturated heterocycles. The molecular formula is C27H32N4O3. The SMILES string of the molecule is CC(C)(C)Nc1c(C2CC=CCC2)nc2cc(C(=O)NC(Cc3ccccc3)C(=O)O)ccn12. The average Bonchev–Trinajstić information content (AvgIpc) is 3.16. The number of hydrogen-bond acceptors (Lipinski definition) is 4. The number of nitrogens with one attached hydrogen (secondary N) is 2. The quantitative estimate of drug-likeness (QED) is 0.441. The molecule has 0 spiro atoms. The van der Waals surface area contributed by atoms with Crippen LogP contribution in [0.5, 0.6) is 0 Å². The van der Waals surface area contributed by atoms with Crippen LogP contribution in [0, 0.1) is 0 Å². The van der Waals surface area contributed by atoms with Crippen molar-refractivity contribution in [2.24, 2.45) is 0 Å². The number of imidazole rings is 1. The Morgan fingerprint density at radius 2 is 1.94 bits per heavy atom.